The lowest BCUT2D eigenvalue weighted by molar-refractivity contribution is -0.141. The molecule has 3 heteroatoms. The van der Waals surface area contributed by atoms with Crippen LogP contribution in [0, 0.1) is 0 Å². The molecule has 0 spiro atoms. The van der Waals surface area contributed by atoms with E-state index in [9.17, 15) is 4.79 Å². The maximum absolute atomic E-state index is 11.3. The van der Waals surface area contributed by atoms with Gasteiger partial charge in [-0.05, 0) is 11.6 Å². The molecule has 1 aromatic rings. The number of methoxy groups -OCH3 is 1. The first-order chi connectivity index (χ1) is 7.33. The Morgan fingerprint density at radius 2 is 2.07 bits per heavy atom. The Bertz CT molecular complexity index is 317. The standard InChI is InChI=1S/C12H14O3/c1-14-8-5-9-15-12(13)10-11-6-3-2-4-7-11/h2-8H,9-10H2,1H3. The number of hydrogen-bond donors (Lipinski definition) is 0. The van der Waals surface area contributed by atoms with Crippen LogP contribution in [-0.2, 0) is 20.7 Å². The van der Waals surface area contributed by atoms with E-state index in [1.807, 2.05) is 30.3 Å². The summed E-state index contributed by atoms with van der Waals surface area (Å²) in [5.41, 5.74) is 0.957. The SMILES string of the molecule is COC=CCOC(=O)Cc1ccccc1. The first-order valence-corrected chi connectivity index (χ1v) is 4.70. The summed E-state index contributed by atoms with van der Waals surface area (Å²) in [7, 11) is 1.54. The van der Waals surface area contributed by atoms with E-state index in [4.69, 9.17) is 4.74 Å². The monoisotopic (exact) mass is 206 g/mol. The summed E-state index contributed by atoms with van der Waals surface area (Å²) >= 11 is 0. The molecule has 0 radical (unpaired) electrons. The number of rotatable bonds is 5. The molecular weight excluding hydrogens is 192 g/mol. The van der Waals surface area contributed by atoms with E-state index < -0.39 is 0 Å². The van der Waals surface area contributed by atoms with Crippen molar-refractivity contribution in [3.05, 3.63) is 48.2 Å². The van der Waals surface area contributed by atoms with Gasteiger partial charge in [-0.15, -0.1) is 0 Å². The Labute approximate surface area is 89.3 Å². The molecule has 0 unspecified atom stereocenters. The molecule has 0 N–H and O–H groups in total. The van der Waals surface area contributed by atoms with Crippen LogP contribution in [0.15, 0.2) is 42.7 Å². The predicted molar refractivity (Wildman–Crippen MR) is 57.3 cm³/mol. The second kappa shape index (κ2) is 6.65. The van der Waals surface area contributed by atoms with Crippen LogP contribution in [0.5, 0.6) is 0 Å². The molecule has 0 fully saturated rings. The fraction of sp³-hybridized carbons (Fsp3) is 0.250. The number of carbonyl (C=O) groups is 1. The third-order valence-corrected chi connectivity index (χ3v) is 1.76. The molecule has 0 aliphatic heterocycles. The Hall–Kier alpha value is -1.77. The Balaban J connectivity index is 2.28. The third kappa shape index (κ3) is 4.86. The zero-order chi connectivity index (χ0) is 10.9. The minimum absolute atomic E-state index is 0.234. The molecule has 1 aromatic carbocycles. The summed E-state index contributed by atoms with van der Waals surface area (Å²) in [6.07, 6.45) is 3.43. The summed E-state index contributed by atoms with van der Waals surface area (Å²) in [5, 5.41) is 0. The van der Waals surface area contributed by atoms with Gasteiger partial charge in [-0.25, -0.2) is 0 Å². The summed E-state index contributed by atoms with van der Waals surface area (Å²) in [4.78, 5) is 11.3. The van der Waals surface area contributed by atoms with Gasteiger partial charge in [-0.3, -0.25) is 4.79 Å². The molecule has 0 aliphatic carbocycles. The van der Waals surface area contributed by atoms with E-state index in [2.05, 4.69) is 4.74 Å². The van der Waals surface area contributed by atoms with Gasteiger partial charge in [0.05, 0.1) is 19.8 Å². The average molecular weight is 206 g/mol. The first kappa shape index (κ1) is 11.3. The summed E-state index contributed by atoms with van der Waals surface area (Å²) in [5.74, 6) is -0.234. The topological polar surface area (TPSA) is 35.5 Å². The number of benzene rings is 1. The molecule has 3 nitrogen and oxygen atoms in total. The Kier molecular flexibility index (Phi) is 5.01. The molecule has 0 aromatic heterocycles. The van der Waals surface area contributed by atoms with Gasteiger partial charge in [0.15, 0.2) is 0 Å². The Morgan fingerprint density at radius 1 is 1.33 bits per heavy atom. The van der Waals surface area contributed by atoms with Crippen molar-refractivity contribution < 1.29 is 14.3 Å². The molecule has 0 saturated heterocycles. The van der Waals surface area contributed by atoms with E-state index in [1.165, 1.54) is 6.26 Å². The van der Waals surface area contributed by atoms with Gasteiger partial charge in [0.25, 0.3) is 0 Å². The predicted octanol–water partition coefficient (Wildman–Crippen LogP) is 1.93. The minimum Gasteiger partial charge on any atom is -0.505 e. The molecule has 0 amide bonds. The lowest BCUT2D eigenvalue weighted by Crippen LogP contribution is -2.07. The normalized spacial score (nSPS) is 10.2. The van der Waals surface area contributed by atoms with Crippen LogP contribution in [-0.4, -0.2) is 19.7 Å². The highest BCUT2D eigenvalue weighted by molar-refractivity contribution is 5.72. The van der Waals surface area contributed by atoms with E-state index in [1.54, 1.807) is 13.2 Å². The zero-order valence-electron chi connectivity index (χ0n) is 8.68. The van der Waals surface area contributed by atoms with Gasteiger partial charge in [0.1, 0.15) is 6.61 Å². The smallest absolute Gasteiger partial charge is 0.310 e. The molecule has 0 saturated carbocycles. The molecule has 0 bridgehead atoms. The van der Waals surface area contributed by atoms with Crippen molar-refractivity contribution in [2.24, 2.45) is 0 Å². The van der Waals surface area contributed by atoms with Crippen LogP contribution in [0.4, 0.5) is 0 Å². The number of esters is 1. The van der Waals surface area contributed by atoms with Crippen molar-refractivity contribution in [1.29, 1.82) is 0 Å². The van der Waals surface area contributed by atoms with Crippen LogP contribution >= 0.6 is 0 Å². The maximum atomic E-state index is 11.3. The van der Waals surface area contributed by atoms with E-state index in [0.29, 0.717) is 6.42 Å². The maximum Gasteiger partial charge on any atom is 0.310 e. The second-order valence-electron chi connectivity index (χ2n) is 2.95. The average Bonchev–Trinajstić information content (AvgIpc) is 2.26. The van der Waals surface area contributed by atoms with Gasteiger partial charge in [-0.2, -0.15) is 0 Å². The van der Waals surface area contributed by atoms with Crippen molar-refractivity contribution >= 4 is 5.97 Å². The molecule has 0 heterocycles. The molecule has 15 heavy (non-hydrogen) atoms. The minimum atomic E-state index is -0.234. The van der Waals surface area contributed by atoms with E-state index in [0.717, 1.165) is 5.56 Å². The van der Waals surface area contributed by atoms with Crippen molar-refractivity contribution in [2.45, 2.75) is 6.42 Å². The van der Waals surface area contributed by atoms with Gasteiger partial charge in [-0.1, -0.05) is 30.3 Å². The van der Waals surface area contributed by atoms with Gasteiger partial charge in [0, 0.05) is 0 Å². The summed E-state index contributed by atoms with van der Waals surface area (Å²) < 4.78 is 9.61. The highest BCUT2D eigenvalue weighted by Gasteiger charge is 2.02. The number of hydrogen-bond acceptors (Lipinski definition) is 3. The van der Waals surface area contributed by atoms with Crippen LogP contribution in [0.25, 0.3) is 0 Å². The number of ether oxygens (including phenoxy) is 2. The number of carbonyl (C=O) groups excluding carboxylic acids is 1. The van der Waals surface area contributed by atoms with Crippen molar-refractivity contribution in [2.75, 3.05) is 13.7 Å². The van der Waals surface area contributed by atoms with Gasteiger partial charge >= 0.3 is 5.97 Å². The Morgan fingerprint density at radius 3 is 2.73 bits per heavy atom. The van der Waals surface area contributed by atoms with Crippen molar-refractivity contribution in [3.63, 3.8) is 0 Å². The molecule has 1 rings (SSSR count). The fourth-order valence-electron chi connectivity index (χ4n) is 1.09. The fourth-order valence-corrected chi connectivity index (χ4v) is 1.09. The molecule has 80 valence electrons. The first-order valence-electron chi connectivity index (χ1n) is 4.70. The molecular formula is C12H14O3. The lowest BCUT2D eigenvalue weighted by Gasteiger charge is -2.01. The van der Waals surface area contributed by atoms with Gasteiger partial charge in [0.2, 0.25) is 0 Å². The highest BCUT2D eigenvalue weighted by atomic mass is 16.5. The third-order valence-electron chi connectivity index (χ3n) is 1.76. The molecule has 0 aliphatic rings. The lowest BCUT2D eigenvalue weighted by atomic mass is 10.2. The largest absolute Gasteiger partial charge is 0.505 e. The summed E-state index contributed by atoms with van der Waals surface area (Å²) in [6, 6.07) is 9.50. The quantitative estimate of drug-likeness (QED) is 0.545. The van der Waals surface area contributed by atoms with Crippen LogP contribution in [0.3, 0.4) is 0 Å². The second-order valence-corrected chi connectivity index (χ2v) is 2.95. The van der Waals surface area contributed by atoms with Crippen molar-refractivity contribution in [3.8, 4) is 0 Å². The zero-order valence-corrected chi connectivity index (χ0v) is 8.68. The van der Waals surface area contributed by atoms with Crippen LogP contribution in [0.1, 0.15) is 5.56 Å². The van der Waals surface area contributed by atoms with E-state index in [-0.39, 0.29) is 12.6 Å². The van der Waals surface area contributed by atoms with Crippen molar-refractivity contribution in [1.82, 2.24) is 0 Å². The van der Waals surface area contributed by atoms with E-state index >= 15 is 0 Å². The van der Waals surface area contributed by atoms with Crippen LogP contribution < -0.4 is 0 Å². The van der Waals surface area contributed by atoms with Crippen LogP contribution in [0.2, 0.25) is 0 Å². The molecule has 0 atom stereocenters. The highest BCUT2D eigenvalue weighted by Crippen LogP contribution is 2.00. The van der Waals surface area contributed by atoms with Gasteiger partial charge < -0.3 is 9.47 Å². The summed E-state index contributed by atoms with van der Waals surface area (Å²) in [6.45, 7) is 0.250.